The normalized spacial score (nSPS) is 12.8. The Hall–Kier alpha value is -1.88. The average Bonchev–Trinajstić information content (AvgIpc) is 3.13. The Morgan fingerprint density at radius 2 is 1.97 bits per heavy atom. The lowest BCUT2D eigenvalue weighted by atomic mass is 10.1. The molecule has 8 nitrogen and oxygen atoms in total. The Morgan fingerprint density at radius 1 is 1.23 bits per heavy atom. The van der Waals surface area contributed by atoms with Crippen molar-refractivity contribution in [2.75, 3.05) is 13.2 Å². The summed E-state index contributed by atoms with van der Waals surface area (Å²) in [4.78, 5) is 9.07. The molecule has 31 heavy (non-hydrogen) atoms. The van der Waals surface area contributed by atoms with Crippen LogP contribution in [0.3, 0.4) is 0 Å². The van der Waals surface area contributed by atoms with E-state index in [0.29, 0.717) is 37.4 Å². The Kier molecular flexibility index (Phi) is 11.3. The van der Waals surface area contributed by atoms with Crippen molar-refractivity contribution in [3.05, 3.63) is 41.0 Å². The first-order valence-electron chi connectivity index (χ1n) is 10.5. The van der Waals surface area contributed by atoms with Crippen LogP contribution in [0.4, 0.5) is 0 Å². The van der Waals surface area contributed by atoms with Gasteiger partial charge in [0, 0.05) is 18.7 Å². The number of nitrogens with zero attached hydrogens (tertiary/aromatic N) is 3. The third-order valence-corrected chi connectivity index (χ3v) is 4.06. The van der Waals surface area contributed by atoms with Gasteiger partial charge in [-0.3, -0.25) is 0 Å². The molecule has 1 unspecified atom stereocenters. The first kappa shape index (κ1) is 27.2. The Bertz CT molecular complexity index is 833. The van der Waals surface area contributed by atoms with Crippen molar-refractivity contribution in [3.63, 3.8) is 0 Å². The van der Waals surface area contributed by atoms with Gasteiger partial charge in [-0.2, -0.15) is 4.98 Å². The molecule has 2 N–H and O–H groups in total. The smallest absolute Gasteiger partial charge is 0.246 e. The van der Waals surface area contributed by atoms with Crippen LogP contribution in [0.25, 0.3) is 0 Å². The van der Waals surface area contributed by atoms with Crippen molar-refractivity contribution in [1.82, 2.24) is 20.8 Å². The minimum Gasteiger partial charge on any atom is -0.488 e. The van der Waals surface area contributed by atoms with Crippen LogP contribution in [0.5, 0.6) is 5.75 Å². The number of hydrogen-bond donors (Lipinski definition) is 2. The second-order valence-corrected chi connectivity index (χ2v) is 8.02. The maximum absolute atomic E-state index is 6.13. The van der Waals surface area contributed by atoms with Crippen molar-refractivity contribution in [3.8, 4) is 5.75 Å². The molecular formula is C22H36IN5O3. The van der Waals surface area contributed by atoms with Gasteiger partial charge in [-0.05, 0) is 60.1 Å². The van der Waals surface area contributed by atoms with Crippen LogP contribution in [0, 0.1) is 6.92 Å². The monoisotopic (exact) mass is 545 g/mol. The highest BCUT2D eigenvalue weighted by atomic mass is 127. The molecule has 0 spiro atoms. The Balaban J connectivity index is 0.00000480. The van der Waals surface area contributed by atoms with Crippen LogP contribution in [0.2, 0.25) is 0 Å². The topological polar surface area (TPSA) is 93.8 Å². The summed E-state index contributed by atoms with van der Waals surface area (Å²) in [5, 5.41) is 10.4. The van der Waals surface area contributed by atoms with E-state index < -0.39 is 0 Å². The molecule has 2 rings (SSSR count). The summed E-state index contributed by atoms with van der Waals surface area (Å²) in [6, 6.07) is 6.18. The molecule has 0 radical (unpaired) electrons. The SMILES string of the molecule is CCNC(=NCc1ccc(C)cc1OC(C)(C)C)NCc1nc(C(C)OCC)no1.I. The minimum atomic E-state index is -0.275. The van der Waals surface area contributed by atoms with Gasteiger partial charge in [0.15, 0.2) is 11.8 Å². The molecule has 0 fully saturated rings. The second kappa shape index (κ2) is 12.8. The number of aryl methyl sites for hydroxylation is 1. The first-order chi connectivity index (χ1) is 14.2. The number of aliphatic imine (C=N–C) groups is 1. The van der Waals surface area contributed by atoms with E-state index in [1.165, 1.54) is 0 Å². The minimum absolute atomic E-state index is 0. The van der Waals surface area contributed by atoms with E-state index in [0.717, 1.165) is 23.4 Å². The van der Waals surface area contributed by atoms with E-state index in [1.807, 2.05) is 41.5 Å². The fraction of sp³-hybridized carbons (Fsp3) is 0.591. The largest absolute Gasteiger partial charge is 0.488 e. The van der Waals surface area contributed by atoms with Crippen molar-refractivity contribution < 1.29 is 14.0 Å². The molecule has 0 amide bonds. The summed E-state index contributed by atoms with van der Waals surface area (Å²) in [6.45, 7) is 16.2. The van der Waals surface area contributed by atoms with E-state index in [9.17, 15) is 0 Å². The van der Waals surface area contributed by atoms with Crippen molar-refractivity contribution >= 4 is 29.9 Å². The molecule has 0 saturated carbocycles. The first-order valence-corrected chi connectivity index (χ1v) is 10.5. The van der Waals surface area contributed by atoms with E-state index in [4.69, 9.17) is 19.0 Å². The van der Waals surface area contributed by atoms with Gasteiger partial charge < -0.3 is 24.6 Å². The number of nitrogens with one attached hydrogen (secondary N) is 2. The molecule has 2 aromatic rings. The lowest BCUT2D eigenvalue weighted by molar-refractivity contribution is 0.0683. The molecule has 1 aromatic carbocycles. The molecule has 0 aliphatic rings. The zero-order valence-electron chi connectivity index (χ0n) is 19.6. The molecule has 0 aliphatic carbocycles. The van der Waals surface area contributed by atoms with Crippen LogP contribution in [-0.2, 0) is 17.8 Å². The van der Waals surface area contributed by atoms with Gasteiger partial charge in [0.25, 0.3) is 0 Å². The quantitative estimate of drug-likeness (QED) is 0.272. The van der Waals surface area contributed by atoms with Crippen molar-refractivity contribution in [1.29, 1.82) is 0 Å². The van der Waals surface area contributed by atoms with E-state index in [1.54, 1.807) is 0 Å². The number of halogens is 1. The fourth-order valence-corrected chi connectivity index (χ4v) is 2.71. The molecule has 9 heteroatoms. The van der Waals surface area contributed by atoms with Crippen LogP contribution in [-0.4, -0.2) is 34.9 Å². The summed E-state index contributed by atoms with van der Waals surface area (Å²) in [5.74, 6) is 2.54. The lowest BCUT2D eigenvalue weighted by Crippen LogP contribution is -2.36. The predicted molar refractivity (Wildman–Crippen MR) is 133 cm³/mol. The van der Waals surface area contributed by atoms with Crippen molar-refractivity contribution in [2.45, 2.75) is 73.3 Å². The highest BCUT2D eigenvalue weighted by Crippen LogP contribution is 2.25. The molecular weight excluding hydrogens is 509 g/mol. The van der Waals surface area contributed by atoms with E-state index >= 15 is 0 Å². The van der Waals surface area contributed by atoms with Gasteiger partial charge in [-0.25, -0.2) is 4.99 Å². The Morgan fingerprint density at radius 3 is 2.61 bits per heavy atom. The molecule has 1 aromatic heterocycles. The summed E-state index contributed by atoms with van der Waals surface area (Å²) in [7, 11) is 0. The number of ether oxygens (including phenoxy) is 2. The van der Waals surface area contributed by atoms with Gasteiger partial charge in [0.2, 0.25) is 5.89 Å². The number of aromatic nitrogens is 2. The number of rotatable bonds is 9. The van der Waals surface area contributed by atoms with E-state index in [-0.39, 0.29) is 35.7 Å². The number of benzene rings is 1. The third-order valence-electron chi connectivity index (χ3n) is 4.06. The zero-order chi connectivity index (χ0) is 22.1. The summed E-state index contributed by atoms with van der Waals surface area (Å²) in [6.07, 6.45) is -0.197. The van der Waals surface area contributed by atoms with Crippen LogP contribution >= 0.6 is 24.0 Å². The van der Waals surface area contributed by atoms with Gasteiger partial charge in [-0.15, -0.1) is 24.0 Å². The maximum atomic E-state index is 6.13. The molecule has 174 valence electrons. The van der Waals surface area contributed by atoms with E-state index in [2.05, 4.69) is 45.9 Å². The number of hydrogen-bond acceptors (Lipinski definition) is 6. The molecule has 0 bridgehead atoms. The van der Waals surface area contributed by atoms with Gasteiger partial charge in [-0.1, -0.05) is 17.3 Å². The maximum Gasteiger partial charge on any atom is 0.246 e. The molecule has 1 heterocycles. The van der Waals surface area contributed by atoms with Crippen LogP contribution < -0.4 is 15.4 Å². The molecule has 1 atom stereocenters. The second-order valence-electron chi connectivity index (χ2n) is 8.02. The highest BCUT2D eigenvalue weighted by Gasteiger charge is 2.16. The van der Waals surface area contributed by atoms with Gasteiger partial charge in [0.1, 0.15) is 17.5 Å². The molecule has 0 aliphatic heterocycles. The number of guanidine groups is 1. The van der Waals surface area contributed by atoms with Crippen LogP contribution in [0.1, 0.15) is 70.5 Å². The van der Waals surface area contributed by atoms with Gasteiger partial charge in [0.05, 0.1) is 13.1 Å². The summed E-state index contributed by atoms with van der Waals surface area (Å²) in [5.41, 5.74) is 1.90. The summed E-state index contributed by atoms with van der Waals surface area (Å²) < 4.78 is 16.9. The molecule has 0 saturated heterocycles. The standard InChI is InChI=1S/C22H35N5O3.HI/c1-8-23-21(25-14-19-26-20(27-30-19)16(4)28-9-2)24-13-17-11-10-15(3)12-18(17)29-22(5,6)7;/h10-12,16H,8-9,13-14H2,1-7H3,(H2,23,24,25);1H. The fourth-order valence-electron chi connectivity index (χ4n) is 2.71. The summed E-state index contributed by atoms with van der Waals surface area (Å²) >= 11 is 0. The van der Waals surface area contributed by atoms with Gasteiger partial charge >= 0.3 is 0 Å². The highest BCUT2D eigenvalue weighted by molar-refractivity contribution is 14.0. The lowest BCUT2D eigenvalue weighted by Gasteiger charge is -2.23. The average molecular weight is 545 g/mol. The zero-order valence-corrected chi connectivity index (χ0v) is 21.9. The van der Waals surface area contributed by atoms with Crippen LogP contribution in [0.15, 0.2) is 27.7 Å². The Labute approximate surface area is 202 Å². The third kappa shape index (κ3) is 9.42. The van der Waals surface area contributed by atoms with Crippen molar-refractivity contribution in [2.24, 2.45) is 4.99 Å². The predicted octanol–water partition coefficient (Wildman–Crippen LogP) is 4.53.